The molecule has 13 heteroatoms. The molecule has 8 bridgehead atoms. The predicted octanol–water partition coefficient (Wildman–Crippen LogP) is 12.0. The third kappa shape index (κ3) is 11.1. The van der Waals surface area contributed by atoms with Gasteiger partial charge in [0, 0.05) is 6.42 Å². The number of alkyl halides is 6. The van der Waals surface area contributed by atoms with Gasteiger partial charge in [0.05, 0.1) is 16.4 Å². The fourth-order valence-corrected chi connectivity index (χ4v) is 10.4. The van der Waals surface area contributed by atoms with Gasteiger partial charge in [-0.1, -0.05) is 43.6 Å². The van der Waals surface area contributed by atoms with Gasteiger partial charge in [0.1, 0.15) is 11.2 Å². The standard InChI is InChI=1S/C22H30F6O5.C16H26O2.4CH4/c1-5-18(3,4)17(30)33-20-9-13-6-14(10-20)8-19(7-13,11-20)32-12(2)15(29)31-16(21(23,24)25)22(26,27)28;1-4-15(2,3)14(17)18-16-8-11-5-12(9-16)7-13(6-11)10-16;;;;/h12-14,16H,5-11H2,1-4H3;11-13H,4-10H2,1-3H3;4*1H4. The quantitative estimate of drug-likeness (QED) is 0.123. The van der Waals surface area contributed by atoms with Crippen molar-refractivity contribution in [2.45, 2.75) is 209 Å². The third-order valence-electron chi connectivity index (χ3n) is 13.0. The molecule has 0 aromatic heterocycles. The Bertz CT molecular complexity index is 1260. The number of carbonyl (C=O) groups excluding carboxylic acids is 3. The Morgan fingerprint density at radius 2 is 0.909 bits per heavy atom. The third-order valence-corrected chi connectivity index (χ3v) is 13.0. The Labute approximate surface area is 327 Å². The van der Waals surface area contributed by atoms with Crippen molar-refractivity contribution in [2.24, 2.45) is 40.4 Å². The molecule has 0 aromatic rings. The molecule has 3 atom stereocenters. The van der Waals surface area contributed by atoms with Crippen molar-refractivity contribution in [3.05, 3.63) is 0 Å². The molecule has 0 spiro atoms. The lowest BCUT2D eigenvalue weighted by atomic mass is 9.52. The van der Waals surface area contributed by atoms with Gasteiger partial charge in [-0.05, 0) is 148 Å². The summed E-state index contributed by atoms with van der Waals surface area (Å²) < 4.78 is 98.3. The average Bonchev–Trinajstić information content (AvgIpc) is 2.96. The van der Waals surface area contributed by atoms with Gasteiger partial charge in [0.15, 0.2) is 6.10 Å². The minimum Gasteiger partial charge on any atom is -0.459 e. The summed E-state index contributed by atoms with van der Waals surface area (Å²) in [6.07, 6.45) is -5.02. The van der Waals surface area contributed by atoms with Crippen LogP contribution < -0.4 is 0 Å². The van der Waals surface area contributed by atoms with Crippen LogP contribution >= 0.6 is 0 Å². The minimum atomic E-state index is -5.79. The van der Waals surface area contributed by atoms with Crippen LogP contribution in [0.2, 0.25) is 0 Å². The number of ether oxygens (including phenoxy) is 4. The van der Waals surface area contributed by atoms with Crippen LogP contribution in [0.5, 0.6) is 0 Å². The summed E-state index contributed by atoms with van der Waals surface area (Å²) >= 11 is 0. The Morgan fingerprint density at radius 1 is 0.582 bits per heavy atom. The van der Waals surface area contributed by atoms with E-state index < -0.39 is 47.1 Å². The Kier molecular flexibility index (Phi) is 16.2. The molecule has 8 fully saturated rings. The van der Waals surface area contributed by atoms with Gasteiger partial charge in [-0.3, -0.25) is 9.59 Å². The highest BCUT2D eigenvalue weighted by Gasteiger charge is 2.63. The highest BCUT2D eigenvalue weighted by Crippen LogP contribution is 2.61. The zero-order valence-electron chi connectivity index (χ0n) is 31.1. The van der Waals surface area contributed by atoms with E-state index in [0.717, 1.165) is 56.8 Å². The summed E-state index contributed by atoms with van der Waals surface area (Å²) in [5.74, 6) is 0.731. The zero-order chi connectivity index (χ0) is 38.0. The van der Waals surface area contributed by atoms with E-state index in [2.05, 4.69) is 11.7 Å². The van der Waals surface area contributed by atoms with Crippen LogP contribution in [0.25, 0.3) is 0 Å². The summed E-state index contributed by atoms with van der Waals surface area (Å²) in [5.41, 5.74) is -2.86. The second-order valence-electron chi connectivity index (χ2n) is 18.3. The molecule has 324 valence electrons. The molecule has 8 rings (SSSR count). The first-order chi connectivity index (χ1) is 23.3. The van der Waals surface area contributed by atoms with Crippen LogP contribution in [0.15, 0.2) is 0 Å². The summed E-state index contributed by atoms with van der Waals surface area (Å²) in [7, 11) is 0. The Balaban J connectivity index is 0.000000586. The van der Waals surface area contributed by atoms with Crippen LogP contribution in [-0.4, -0.2) is 59.3 Å². The first-order valence-corrected chi connectivity index (χ1v) is 18.8. The fraction of sp³-hybridized carbons (Fsp3) is 0.929. The highest BCUT2D eigenvalue weighted by molar-refractivity contribution is 5.77. The molecule has 8 aliphatic rings. The van der Waals surface area contributed by atoms with Crippen molar-refractivity contribution < 1.29 is 59.7 Å². The lowest BCUT2D eigenvalue weighted by Crippen LogP contribution is -2.62. The SMILES string of the molecule is C.C.C.C.CCC(C)(C)C(=O)OC12CC3CC(C1)CC(OC(C)C(=O)OC(C(F)(F)F)C(F)(F)F)(C3)C2.CCC(C)(C)C(=O)OC12CC3CC(CC(C3)C1)C2. The summed E-state index contributed by atoms with van der Waals surface area (Å²) in [4.78, 5) is 37.3. The number of esters is 3. The number of rotatable bonds is 10. The van der Waals surface area contributed by atoms with Crippen molar-refractivity contribution in [1.82, 2.24) is 0 Å². The van der Waals surface area contributed by atoms with Crippen molar-refractivity contribution >= 4 is 17.9 Å². The molecule has 3 unspecified atom stereocenters. The van der Waals surface area contributed by atoms with Gasteiger partial charge in [-0.15, -0.1) is 0 Å². The molecule has 0 saturated heterocycles. The van der Waals surface area contributed by atoms with E-state index in [0.29, 0.717) is 32.1 Å². The normalized spacial score (nSPS) is 33.4. The smallest absolute Gasteiger partial charge is 0.434 e. The lowest BCUT2D eigenvalue weighted by molar-refractivity contribution is -0.317. The van der Waals surface area contributed by atoms with E-state index in [4.69, 9.17) is 14.2 Å². The van der Waals surface area contributed by atoms with E-state index in [1.807, 2.05) is 20.8 Å². The number of carbonyl (C=O) groups is 3. The van der Waals surface area contributed by atoms with Crippen molar-refractivity contribution in [1.29, 1.82) is 0 Å². The molecule has 0 amide bonds. The molecule has 0 radical (unpaired) electrons. The molecule has 8 saturated carbocycles. The molecular weight excluding hydrogens is 730 g/mol. The van der Waals surface area contributed by atoms with Gasteiger partial charge >= 0.3 is 30.3 Å². The molecule has 55 heavy (non-hydrogen) atoms. The molecule has 0 N–H and O–H groups in total. The second kappa shape index (κ2) is 17.4. The highest BCUT2D eigenvalue weighted by atomic mass is 19.4. The molecule has 7 nitrogen and oxygen atoms in total. The molecule has 0 aliphatic heterocycles. The maximum atomic E-state index is 12.8. The largest absolute Gasteiger partial charge is 0.459 e. The van der Waals surface area contributed by atoms with E-state index >= 15 is 0 Å². The Morgan fingerprint density at radius 3 is 1.27 bits per heavy atom. The molecule has 0 heterocycles. The second-order valence-corrected chi connectivity index (χ2v) is 18.3. The van der Waals surface area contributed by atoms with Gasteiger partial charge < -0.3 is 18.9 Å². The molecule has 0 aromatic carbocycles. The van der Waals surface area contributed by atoms with Crippen LogP contribution in [-0.2, 0) is 33.3 Å². The Hall–Kier alpha value is -2.05. The van der Waals surface area contributed by atoms with E-state index in [-0.39, 0.29) is 70.9 Å². The summed E-state index contributed by atoms with van der Waals surface area (Å²) in [6.45, 7) is 12.6. The zero-order valence-corrected chi connectivity index (χ0v) is 31.1. The van der Waals surface area contributed by atoms with Gasteiger partial charge in [-0.25, -0.2) is 4.79 Å². The van der Waals surface area contributed by atoms with Crippen molar-refractivity contribution in [3.8, 4) is 0 Å². The number of hydrogen-bond donors (Lipinski definition) is 0. The van der Waals surface area contributed by atoms with Gasteiger partial charge in [0.25, 0.3) is 6.10 Å². The fourth-order valence-electron chi connectivity index (χ4n) is 10.4. The average molecular weight is 803 g/mol. The van der Waals surface area contributed by atoms with Gasteiger partial charge in [0.2, 0.25) is 0 Å². The molecular formula is C42H72F6O7. The first kappa shape index (κ1) is 51.0. The maximum absolute atomic E-state index is 12.8. The first-order valence-electron chi connectivity index (χ1n) is 18.8. The van der Waals surface area contributed by atoms with Crippen molar-refractivity contribution in [3.63, 3.8) is 0 Å². The summed E-state index contributed by atoms with van der Waals surface area (Å²) in [6, 6.07) is 0. The maximum Gasteiger partial charge on any atom is 0.434 e. The van der Waals surface area contributed by atoms with Crippen LogP contribution in [0.1, 0.15) is 168 Å². The van der Waals surface area contributed by atoms with E-state index in [1.165, 1.54) is 19.3 Å². The minimum absolute atomic E-state index is 0. The summed E-state index contributed by atoms with van der Waals surface area (Å²) in [5, 5.41) is 0. The molecule has 8 aliphatic carbocycles. The van der Waals surface area contributed by atoms with Crippen LogP contribution in [0.3, 0.4) is 0 Å². The van der Waals surface area contributed by atoms with Crippen molar-refractivity contribution in [2.75, 3.05) is 0 Å². The van der Waals surface area contributed by atoms with Gasteiger partial charge in [-0.2, -0.15) is 26.3 Å². The van der Waals surface area contributed by atoms with Crippen LogP contribution in [0.4, 0.5) is 26.3 Å². The lowest BCUT2D eigenvalue weighted by Gasteiger charge is -2.61. The van der Waals surface area contributed by atoms with E-state index in [1.54, 1.807) is 13.8 Å². The predicted molar refractivity (Wildman–Crippen MR) is 201 cm³/mol. The topological polar surface area (TPSA) is 88.1 Å². The number of hydrogen-bond acceptors (Lipinski definition) is 7. The van der Waals surface area contributed by atoms with E-state index in [9.17, 15) is 40.7 Å². The number of halogens is 6. The van der Waals surface area contributed by atoms with Crippen LogP contribution in [0, 0.1) is 40.4 Å². The monoisotopic (exact) mass is 803 g/mol.